The van der Waals surface area contributed by atoms with E-state index in [0.29, 0.717) is 28.4 Å². The number of hydrogen-bond donors (Lipinski definition) is 4. The van der Waals surface area contributed by atoms with Gasteiger partial charge in [-0.2, -0.15) is 0 Å². The van der Waals surface area contributed by atoms with Crippen LogP contribution in [0.25, 0.3) is 22.5 Å². The molecule has 0 aliphatic heterocycles. The Labute approximate surface area is 229 Å². The Morgan fingerprint density at radius 2 is 1.85 bits per heavy atom. The van der Waals surface area contributed by atoms with Crippen molar-refractivity contribution < 1.29 is 19.3 Å². The topological polar surface area (TPSA) is 116 Å². The molecule has 0 fully saturated rings. The van der Waals surface area contributed by atoms with Gasteiger partial charge in [0.1, 0.15) is 35.7 Å². The number of nitrogens with one attached hydrogen (secondary N) is 2. The molecule has 5 aromatic rings. The van der Waals surface area contributed by atoms with Gasteiger partial charge in [0.05, 0.1) is 18.5 Å². The molecular weight excluding hydrogens is 511 g/mol. The van der Waals surface area contributed by atoms with Crippen molar-refractivity contribution in [2.45, 2.75) is 18.9 Å². The maximum absolute atomic E-state index is 14.8. The number of aromatic amines is 2. The first-order chi connectivity index (χ1) is 19.4. The van der Waals surface area contributed by atoms with Crippen molar-refractivity contribution in [2.75, 3.05) is 13.2 Å². The van der Waals surface area contributed by atoms with E-state index in [1.807, 2.05) is 37.3 Å². The lowest BCUT2D eigenvalue weighted by atomic mass is 9.92. The minimum atomic E-state index is -0.770. The summed E-state index contributed by atoms with van der Waals surface area (Å²) in [6, 6.07) is 20.0. The van der Waals surface area contributed by atoms with Crippen LogP contribution in [-0.2, 0) is 0 Å². The van der Waals surface area contributed by atoms with Crippen molar-refractivity contribution in [3.63, 3.8) is 0 Å². The van der Waals surface area contributed by atoms with Crippen LogP contribution in [0.3, 0.4) is 0 Å². The summed E-state index contributed by atoms with van der Waals surface area (Å²) in [5, 5.41) is 20.3. The summed E-state index contributed by atoms with van der Waals surface area (Å²) in [4.78, 5) is 23.8. The van der Waals surface area contributed by atoms with Crippen molar-refractivity contribution in [2.24, 2.45) is 0 Å². The number of aliphatic hydroxyl groups excluding tert-OH is 1. The third-order valence-electron chi connectivity index (χ3n) is 6.78. The molecule has 40 heavy (non-hydrogen) atoms. The molecule has 0 aliphatic carbocycles. The number of aromatic nitrogens is 4. The van der Waals surface area contributed by atoms with Gasteiger partial charge in [-0.25, -0.2) is 14.2 Å². The van der Waals surface area contributed by atoms with E-state index in [-0.39, 0.29) is 36.3 Å². The highest BCUT2D eigenvalue weighted by atomic mass is 19.1. The van der Waals surface area contributed by atoms with Crippen LogP contribution in [0.4, 0.5) is 4.39 Å². The van der Waals surface area contributed by atoms with Gasteiger partial charge >= 0.3 is 5.69 Å². The number of hydrogen-bond acceptors (Lipinski definition) is 5. The van der Waals surface area contributed by atoms with Gasteiger partial charge in [0.15, 0.2) is 0 Å². The first kappa shape index (κ1) is 26.5. The smallest absolute Gasteiger partial charge is 0.329 e. The molecular formula is C31H27FN4O4. The van der Waals surface area contributed by atoms with Crippen LogP contribution < -0.4 is 10.4 Å². The van der Waals surface area contributed by atoms with E-state index >= 15 is 0 Å². The molecule has 0 amide bonds. The van der Waals surface area contributed by atoms with E-state index in [1.165, 1.54) is 16.8 Å². The van der Waals surface area contributed by atoms with Crippen molar-refractivity contribution in [3.8, 4) is 46.5 Å². The zero-order valence-electron chi connectivity index (χ0n) is 21.6. The van der Waals surface area contributed by atoms with Gasteiger partial charge in [-0.3, -0.25) is 4.57 Å². The normalized spacial score (nSPS) is 12.6. The number of imidazole rings is 2. The highest BCUT2D eigenvalue weighted by Crippen LogP contribution is 2.38. The highest BCUT2D eigenvalue weighted by molar-refractivity contribution is 5.65. The van der Waals surface area contributed by atoms with E-state index < -0.39 is 17.5 Å². The number of ether oxygens (including phenoxy) is 1. The second kappa shape index (κ2) is 11.4. The number of terminal acetylenes is 1. The maximum atomic E-state index is 14.8. The van der Waals surface area contributed by atoms with Crippen LogP contribution in [0.1, 0.15) is 35.8 Å². The molecule has 0 unspecified atom stereocenters. The van der Waals surface area contributed by atoms with Gasteiger partial charge in [-0.15, -0.1) is 6.42 Å². The molecule has 202 valence electrons. The first-order valence-electron chi connectivity index (χ1n) is 12.6. The minimum absolute atomic E-state index is 0.114. The fraction of sp³-hybridized carbons (Fsp3) is 0.161. The highest BCUT2D eigenvalue weighted by Gasteiger charge is 2.31. The molecule has 0 saturated carbocycles. The predicted octanol–water partition coefficient (Wildman–Crippen LogP) is 4.82. The monoisotopic (exact) mass is 538 g/mol. The summed E-state index contributed by atoms with van der Waals surface area (Å²) < 4.78 is 21.5. The number of aromatic hydroxyl groups is 1. The second-order valence-electron chi connectivity index (χ2n) is 9.26. The number of benzene rings is 3. The van der Waals surface area contributed by atoms with Crippen LogP contribution in [0.15, 0.2) is 83.8 Å². The van der Waals surface area contributed by atoms with Crippen molar-refractivity contribution in [1.82, 2.24) is 19.5 Å². The Hall–Kier alpha value is -5.07. The van der Waals surface area contributed by atoms with Crippen molar-refractivity contribution >= 4 is 0 Å². The molecule has 0 saturated heterocycles. The molecule has 5 rings (SSSR count). The van der Waals surface area contributed by atoms with Crippen LogP contribution in [-0.4, -0.2) is 42.9 Å². The third-order valence-corrected chi connectivity index (χ3v) is 6.78. The van der Waals surface area contributed by atoms with E-state index in [4.69, 9.17) is 16.3 Å². The number of nitrogens with zero attached hydrogens (tertiary/aromatic N) is 2. The largest absolute Gasteiger partial charge is 0.493 e. The molecule has 3 aromatic carbocycles. The Balaban J connectivity index is 1.59. The summed E-state index contributed by atoms with van der Waals surface area (Å²) in [7, 11) is 0. The average molecular weight is 539 g/mol. The molecule has 4 N–H and O–H groups in total. The summed E-state index contributed by atoms with van der Waals surface area (Å²) >= 11 is 0. The Morgan fingerprint density at radius 3 is 2.52 bits per heavy atom. The fourth-order valence-corrected chi connectivity index (χ4v) is 4.75. The van der Waals surface area contributed by atoms with Crippen LogP contribution in [0.2, 0.25) is 0 Å². The standard InChI is InChI=1S/C31H27FN4O4/c1-3-20-9-14-24(25(32)17-20)26-18-33-29(34-26)28(19(2)21-7-5-4-6-8-21)36-30(38)27(35-31(36)39)22-10-12-23(13-11-22)40-16-15-37/h1,4-14,17-19,28,37-38H,15-16H2,2H3,(H,33,34)(H,35,39)/t19-,28-/m0/s1. The van der Waals surface area contributed by atoms with Crippen LogP contribution in [0.5, 0.6) is 11.6 Å². The fourth-order valence-electron chi connectivity index (χ4n) is 4.75. The van der Waals surface area contributed by atoms with Crippen LogP contribution >= 0.6 is 0 Å². The molecule has 0 aliphatic rings. The molecule has 9 heteroatoms. The molecule has 0 bridgehead atoms. The van der Waals surface area contributed by atoms with E-state index in [1.54, 1.807) is 36.4 Å². The summed E-state index contributed by atoms with van der Waals surface area (Å²) in [5.41, 5.74) is 2.26. The van der Waals surface area contributed by atoms with Gasteiger partial charge < -0.3 is 24.9 Å². The number of halogens is 1. The van der Waals surface area contributed by atoms with Crippen LogP contribution in [0, 0.1) is 18.2 Å². The average Bonchev–Trinajstić information content (AvgIpc) is 3.57. The summed E-state index contributed by atoms with van der Waals surface area (Å²) in [5.74, 6) is 2.21. The molecule has 0 spiro atoms. The lowest BCUT2D eigenvalue weighted by Crippen LogP contribution is -2.27. The molecule has 2 aromatic heterocycles. The van der Waals surface area contributed by atoms with Gasteiger partial charge in [0.2, 0.25) is 5.88 Å². The van der Waals surface area contributed by atoms with E-state index in [9.17, 15) is 14.3 Å². The Kier molecular flexibility index (Phi) is 7.53. The van der Waals surface area contributed by atoms with E-state index in [0.717, 1.165) is 5.56 Å². The molecule has 0 radical (unpaired) electrons. The van der Waals surface area contributed by atoms with Gasteiger partial charge in [-0.05, 0) is 48.0 Å². The number of H-pyrrole nitrogens is 2. The Morgan fingerprint density at radius 1 is 1.10 bits per heavy atom. The second-order valence-corrected chi connectivity index (χ2v) is 9.26. The zero-order valence-corrected chi connectivity index (χ0v) is 21.6. The third kappa shape index (κ3) is 5.13. The van der Waals surface area contributed by atoms with Gasteiger partial charge in [0, 0.05) is 22.6 Å². The predicted molar refractivity (Wildman–Crippen MR) is 150 cm³/mol. The number of rotatable bonds is 9. The SMILES string of the molecule is C#Cc1ccc(-c2cnc([C@H]([C@@H](C)c3ccccc3)n3c(O)c(-c4ccc(OCCO)cc4)[nH]c3=O)[nH]2)c(F)c1. The lowest BCUT2D eigenvalue weighted by Gasteiger charge is -2.24. The molecule has 8 nitrogen and oxygen atoms in total. The van der Waals surface area contributed by atoms with E-state index in [2.05, 4.69) is 20.9 Å². The van der Waals surface area contributed by atoms with Crippen molar-refractivity contribution in [3.05, 3.63) is 112 Å². The van der Waals surface area contributed by atoms with Gasteiger partial charge in [0.25, 0.3) is 0 Å². The first-order valence-corrected chi connectivity index (χ1v) is 12.6. The summed E-state index contributed by atoms with van der Waals surface area (Å²) in [6.45, 7) is 1.97. The zero-order chi connectivity index (χ0) is 28.2. The Bertz CT molecular complexity index is 1720. The quantitative estimate of drug-likeness (QED) is 0.201. The lowest BCUT2D eigenvalue weighted by molar-refractivity contribution is 0.201. The summed E-state index contributed by atoms with van der Waals surface area (Å²) in [6.07, 6.45) is 6.89. The van der Waals surface area contributed by atoms with Gasteiger partial charge in [-0.1, -0.05) is 43.2 Å². The number of aliphatic hydroxyl groups is 1. The van der Waals surface area contributed by atoms with Crippen molar-refractivity contribution in [1.29, 1.82) is 0 Å². The molecule has 2 atom stereocenters. The minimum Gasteiger partial charge on any atom is -0.493 e. The maximum Gasteiger partial charge on any atom is 0.329 e. The molecule has 2 heterocycles.